The van der Waals surface area contributed by atoms with Crippen LogP contribution in [0, 0.1) is 22.7 Å². The molecule has 0 amide bonds. The fourth-order valence-electron chi connectivity index (χ4n) is 4.58. The third-order valence-corrected chi connectivity index (χ3v) is 7.03. The molecule has 2 aromatic heterocycles. The number of nitrogens with zero attached hydrogens (tertiary/aromatic N) is 6. The van der Waals surface area contributed by atoms with Crippen molar-refractivity contribution in [1.29, 1.82) is 10.5 Å². The highest BCUT2D eigenvalue weighted by molar-refractivity contribution is 6.12. The SMILES string of the molecule is COc1ccc(Cn2nc(C(=O)c3ccc(C(=O)c4nn(Cc5ccc(OC)cc5)c(N)c4C#N)cc3)c(C#N)c2N)cc1. The van der Waals surface area contributed by atoms with Crippen LogP contribution in [0.25, 0.3) is 0 Å². The van der Waals surface area contributed by atoms with Crippen molar-refractivity contribution in [3.63, 3.8) is 0 Å². The molecule has 0 spiro atoms. The van der Waals surface area contributed by atoms with Crippen LogP contribution in [0.2, 0.25) is 0 Å². The first-order chi connectivity index (χ1) is 21.3. The number of carbonyl (C=O) groups is 2. The van der Waals surface area contributed by atoms with Gasteiger partial charge in [0.2, 0.25) is 11.6 Å². The van der Waals surface area contributed by atoms with Crippen LogP contribution >= 0.6 is 0 Å². The lowest BCUT2D eigenvalue weighted by Gasteiger charge is -2.05. The van der Waals surface area contributed by atoms with Crippen molar-refractivity contribution in [3.8, 4) is 23.6 Å². The molecule has 0 saturated heterocycles. The number of aromatic nitrogens is 4. The van der Waals surface area contributed by atoms with E-state index in [2.05, 4.69) is 10.2 Å². The largest absolute Gasteiger partial charge is 0.497 e. The molecule has 0 unspecified atom stereocenters. The van der Waals surface area contributed by atoms with Crippen molar-refractivity contribution < 1.29 is 19.1 Å². The van der Waals surface area contributed by atoms with E-state index in [0.717, 1.165) is 11.1 Å². The van der Waals surface area contributed by atoms with Gasteiger partial charge in [0.15, 0.2) is 11.4 Å². The predicted molar refractivity (Wildman–Crippen MR) is 160 cm³/mol. The quantitative estimate of drug-likeness (QED) is 0.229. The number of anilines is 2. The first-order valence-corrected chi connectivity index (χ1v) is 13.3. The summed E-state index contributed by atoms with van der Waals surface area (Å²) in [6.45, 7) is 0.474. The Morgan fingerprint density at radius 3 is 1.30 bits per heavy atom. The molecule has 0 bridgehead atoms. The van der Waals surface area contributed by atoms with Crippen molar-refractivity contribution in [2.24, 2.45) is 0 Å². The number of methoxy groups -OCH3 is 2. The van der Waals surface area contributed by atoms with Crippen LogP contribution in [-0.4, -0.2) is 45.3 Å². The summed E-state index contributed by atoms with van der Waals surface area (Å²) in [6.07, 6.45) is 0. The molecule has 0 aliphatic rings. The van der Waals surface area contributed by atoms with Crippen LogP contribution in [0.1, 0.15) is 54.4 Å². The zero-order chi connectivity index (χ0) is 31.4. The standard InChI is InChI=1S/C32H26N8O4/c1-43-23-11-3-19(4-12-23)17-39-31(35)25(15-33)27(37-39)29(41)21-7-9-22(10-8-21)30(42)28-26(16-34)32(36)40(38-28)18-20-5-13-24(44-2)14-6-20/h3-14H,17-18,35-36H2,1-2H3. The number of hydrogen-bond donors (Lipinski definition) is 2. The van der Waals surface area contributed by atoms with Crippen molar-refractivity contribution in [2.45, 2.75) is 13.1 Å². The Balaban J connectivity index is 1.37. The molecular weight excluding hydrogens is 560 g/mol. The number of ketones is 2. The number of rotatable bonds is 10. The van der Waals surface area contributed by atoms with Gasteiger partial charge in [-0.1, -0.05) is 48.5 Å². The molecule has 44 heavy (non-hydrogen) atoms. The summed E-state index contributed by atoms with van der Waals surface area (Å²) in [7, 11) is 3.14. The van der Waals surface area contributed by atoms with Gasteiger partial charge in [-0.05, 0) is 35.4 Å². The second-order valence-corrected chi connectivity index (χ2v) is 9.69. The van der Waals surface area contributed by atoms with Gasteiger partial charge in [-0.2, -0.15) is 20.7 Å². The van der Waals surface area contributed by atoms with Gasteiger partial charge in [0.05, 0.1) is 27.3 Å². The van der Waals surface area contributed by atoms with Crippen molar-refractivity contribution in [1.82, 2.24) is 19.6 Å². The monoisotopic (exact) mass is 586 g/mol. The van der Waals surface area contributed by atoms with Gasteiger partial charge < -0.3 is 20.9 Å². The van der Waals surface area contributed by atoms with E-state index < -0.39 is 11.6 Å². The Morgan fingerprint density at radius 2 is 1.00 bits per heavy atom. The summed E-state index contributed by atoms with van der Waals surface area (Å²) in [5, 5.41) is 28.1. The van der Waals surface area contributed by atoms with E-state index in [4.69, 9.17) is 20.9 Å². The first-order valence-electron chi connectivity index (χ1n) is 13.3. The van der Waals surface area contributed by atoms with E-state index in [9.17, 15) is 20.1 Å². The van der Waals surface area contributed by atoms with Gasteiger partial charge in [-0.15, -0.1) is 0 Å². The molecule has 5 rings (SSSR count). The zero-order valence-electron chi connectivity index (χ0n) is 23.8. The first kappa shape index (κ1) is 29.1. The molecule has 5 aromatic rings. The number of nitrogen functional groups attached to an aromatic ring is 2. The Kier molecular flexibility index (Phi) is 8.09. The maximum absolute atomic E-state index is 13.4. The zero-order valence-corrected chi connectivity index (χ0v) is 23.8. The second-order valence-electron chi connectivity index (χ2n) is 9.69. The minimum absolute atomic E-state index is 0.0415. The summed E-state index contributed by atoms with van der Waals surface area (Å²) >= 11 is 0. The number of carbonyl (C=O) groups excluding carboxylic acids is 2. The third-order valence-electron chi connectivity index (χ3n) is 7.03. The Morgan fingerprint density at radius 1 is 0.659 bits per heavy atom. The fraction of sp³-hybridized carbons (Fsp3) is 0.125. The summed E-state index contributed by atoms with van der Waals surface area (Å²) < 4.78 is 13.1. The van der Waals surface area contributed by atoms with E-state index >= 15 is 0 Å². The molecule has 0 aliphatic heterocycles. The molecule has 0 saturated carbocycles. The van der Waals surface area contributed by atoms with Gasteiger partial charge in [-0.25, -0.2) is 9.36 Å². The van der Waals surface area contributed by atoms with E-state index in [1.807, 2.05) is 36.4 Å². The van der Waals surface area contributed by atoms with E-state index in [1.165, 1.54) is 33.6 Å². The highest BCUT2D eigenvalue weighted by atomic mass is 16.5. The molecule has 12 nitrogen and oxygen atoms in total. The summed E-state index contributed by atoms with van der Waals surface area (Å²) in [6, 6.07) is 24.2. The highest BCUT2D eigenvalue weighted by Gasteiger charge is 2.25. The van der Waals surface area contributed by atoms with Crippen LogP contribution in [0.4, 0.5) is 11.6 Å². The molecule has 0 aliphatic carbocycles. The smallest absolute Gasteiger partial charge is 0.214 e. The van der Waals surface area contributed by atoms with Crippen LogP contribution < -0.4 is 20.9 Å². The number of nitriles is 2. The summed E-state index contributed by atoms with van der Waals surface area (Å²) in [5.41, 5.74) is 14.1. The van der Waals surface area contributed by atoms with Crippen molar-refractivity contribution in [2.75, 3.05) is 25.7 Å². The summed E-state index contributed by atoms with van der Waals surface area (Å²) in [5.74, 6) is 0.424. The Bertz CT molecular complexity index is 1800. The van der Waals surface area contributed by atoms with Gasteiger partial charge >= 0.3 is 0 Å². The maximum Gasteiger partial charge on any atom is 0.214 e. The molecule has 0 atom stereocenters. The minimum Gasteiger partial charge on any atom is -0.497 e. The van der Waals surface area contributed by atoms with Crippen LogP contribution in [0.3, 0.4) is 0 Å². The topological polar surface area (TPSA) is 188 Å². The summed E-state index contributed by atoms with van der Waals surface area (Å²) in [4.78, 5) is 26.7. The number of benzene rings is 3. The van der Waals surface area contributed by atoms with Gasteiger partial charge in [0.25, 0.3) is 0 Å². The van der Waals surface area contributed by atoms with E-state index in [1.54, 1.807) is 38.5 Å². The van der Waals surface area contributed by atoms with Crippen LogP contribution in [0.5, 0.6) is 11.5 Å². The number of ether oxygens (including phenoxy) is 2. The molecule has 3 aromatic carbocycles. The second kappa shape index (κ2) is 12.2. The normalized spacial score (nSPS) is 10.5. The van der Waals surface area contributed by atoms with Crippen molar-refractivity contribution in [3.05, 3.63) is 118 Å². The van der Waals surface area contributed by atoms with Crippen molar-refractivity contribution >= 4 is 23.2 Å². The lowest BCUT2D eigenvalue weighted by Crippen LogP contribution is -2.09. The molecule has 4 N–H and O–H groups in total. The fourth-order valence-corrected chi connectivity index (χ4v) is 4.58. The maximum atomic E-state index is 13.4. The Labute approximate surface area is 252 Å². The molecule has 0 fully saturated rings. The molecule has 0 radical (unpaired) electrons. The average molecular weight is 587 g/mol. The van der Waals surface area contributed by atoms with Crippen LogP contribution in [-0.2, 0) is 13.1 Å². The average Bonchev–Trinajstić information content (AvgIpc) is 3.55. The number of nitrogens with two attached hydrogens (primary N) is 2. The van der Waals surface area contributed by atoms with Crippen LogP contribution in [0.15, 0.2) is 72.8 Å². The molecular formula is C32H26N8O4. The van der Waals surface area contributed by atoms with Gasteiger partial charge in [0, 0.05) is 11.1 Å². The lowest BCUT2D eigenvalue weighted by molar-refractivity contribution is 0.102. The Hall–Kier alpha value is -6.40. The van der Waals surface area contributed by atoms with E-state index in [-0.39, 0.29) is 58.4 Å². The predicted octanol–water partition coefficient (Wildman–Crippen LogP) is 3.56. The van der Waals surface area contributed by atoms with E-state index in [0.29, 0.717) is 11.5 Å². The van der Waals surface area contributed by atoms with Gasteiger partial charge in [-0.3, -0.25) is 9.59 Å². The van der Waals surface area contributed by atoms with Gasteiger partial charge in [0.1, 0.15) is 46.4 Å². The minimum atomic E-state index is -0.536. The molecule has 218 valence electrons. The third kappa shape index (κ3) is 5.55. The lowest BCUT2D eigenvalue weighted by atomic mass is 10.0. The molecule has 12 heteroatoms. The highest BCUT2D eigenvalue weighted by Crippen LogP contribution is 2.24. The number of hydrogen-bond acceptors (Lipinski definition) is 10. The molecule has 2 heterocycles.